The van der Waals surface area contributed by atoms with Crippen LogP contribution in [0.4, 0.5) is 5.69 Å². The van der Waals surface area contributed by atoms with E-state index in [2.05, 4.69) is 31.5 Å². The van der Waals surface area contributed by atoms with Gasteiger partial charge in [-0.25, -0.2) is 0 Å². The molecule has 0 saturated carbocycles. The number of fused-ring (bicyclic) bond motifs is 1. The molecular formula is C13H14BrN3S. The van der Waals surface area contributed by atoms with Crippen molar-refractivity contribution >= 4 is 49.9 Å². The Kier molecular flexibility index (Phi) is 4.14. The number of anilines is 1. The lowest BCUT2D eigenvalue weighted by Crippen LogP contribution is -2.33. The number of halogens is 1. The molecule has 0 amide bonds. The first-order chi connectivity index (χ1) is 8.56. The molecule has 0 fully saturated rings. The van der Waals surface area contributed by atoms with E-state index in [1.54, 1.807) is 6.20 Å². The maximum atomic E-state index is 5.24. The number of benzene rings is 1. The molecule has 0 radical (unpaired) electrons. The smallest absolute Gasteiger partial charge is 0.171 e. The number of hydrogen-bond donors (Lipinski definition) is 2. The molecule has 0 saturated heterocycles. The van der Waals surface area contributed by atoms with Gasteiger partial charge < -0.3 is 10.6 Å². The van der Waals surface area contributed by atoms with Gasteiger partial charge in [0.15, 0.2) is 5.11 Å². The molecule has 0 atom stereocenters. The van der Waals surface area contributed by atoms with E-state index in [1.807, 2.05) is 38.1 Å². The van der Waals surface area contributed by atoms with Crippen LogP contribution in [0.25, 0.3) is 10.9 Å². The molecular weight excluding hydrogens is 310 g/mol. The molecule has 1 aromatic heterocycles. The molecule has 3 nitrogen and oxygen atoms in total. The lowest BCUT2D eigenvalue weighted by atomic mass is 10.2. The van der Waals surface area contributed by atoms with Gasteiger partial charge in [0.2, 0.25) is 0 Å². The molecule has 0 aliphatic heterocycles. The molecule has 2 aromatic rings. The fourth-order valence-electron chi connectivity index (χ4n) is 1.66. The molecule has 1 aromatic carbocycles. The molecule has 0 aliphatic carbocycles. The Labute approximate surface area is 120 Å². The van der Waals surface area contributed by atoms with Gasteiger partial charge in [0.25, 0.3) is 0 Å². The van der Waals surface area contributed by atoms with Crippen LogP contribution in [0.15, 0.2) is 34.9 Å². The van der Waals surface area contributed by atoms with E-state index < -0.39 is 0 Å². The molecule has 0 spiro atoms. The second-order valence-electron chi connectivity index (χ2n) is 4.28. The zero-order valence-electron chi connectivity index (χ0n) is 10.2. The van der Waals surface area contributed by atoms with E-state index in [1.165, 1.54) is 0 Å². The molecule has 1 heterocycles. The van der Waals surface area contributed by atoms with Crippen molar-refractivity contribution in [2.45, 2.75) is 19.9 Å². The van der Waals surface area contributed by atoms with Gasteiger partial charge in [0.05, 0.1) is 11.2 Å². The average Bonchev–Trinajstić information content (AvgIpc) is 2.27. The number of rotatable bonds is 2. The van der Waals surface area contributed by atoms with Gasteiger partial charge in [-0.1, -0.05) is 12.1 Å². The van der Waals surface area contributed by atoms with Crippen molar-refractivity contribution in [3.8, 4) is 0 Å². The second kappa shape index (κ2) is 5.63. The van der Waals surface area contributed by atoms with E-state index in [0.717, 1.165) is 21.1 Å². The summed E-state index contributed by atoms with van der Waals surface area (Å²) in [6.45, 7) is 4.10. The molecule has 0 bridgehead atoms. The summed E-state index contributed by atoms with van der Waals surface area (Å²) in [5, 5.41) is 8.01. The Morgan fingerprint density at radius 1 is 1.39 bits per heavy atom. The highest BCUT2D eigenvalue weighted by Gasteiger charge is 2.05. The van der Waals surface area contributed by atoms with Crippen LogP contribution in [0.1, 0.15) is 13.8 Å². The number of pyridine rings is 1. The van der Waals surface area contributed by atoms with Crippen LogP contribution >= 0.6 is 28.1 Å². The van der Waals surface area contributed by atoms with Gasteiger partial charge >= 0.3 is 0 Å². The zero-order valence-corrected chi connectivity index (χ0v) is 12.6. The predicted octanol–water partition coefficient (Wildman–Crippen LogP) is 3.69. The molecule has 5 heteroatoms. The normalized spacial score (nSPS) is 10.7. The molecule has 94 valence electrons. The van der Waals surface area contributed by atoms with E-state index in [4.69, 9.17) is 12.2 Å². The molecule has 0 aliphatic rings. The molecule has 18 heavy (non-hydrogen) atoms. The quantitative estimate of drug-likeness (QED) is 0.826. The summed E-state index contributed by atoms with van der Waals surface area (Å²) < 4.78 is 0.968. The molecule has 2 rings (SSSR count). The Balaban J connectivity index is 2.31. The minimum atomic E-state index is 0.307. The Bertz CT molecular complexity index is 583. The highest BCUT2D eigenvalue weighted by Crippen LogP contribution is 2.23. The second-order valence-corrected chi connectivity index (χ2v) is 5.61. The lowest BCUT2D eigenvalue weighted by Gasteiger charge is -2.14. The SMILES string of the molecule is CC(C)NC(=S)Nc1cccc2cc(Br)cnc12. The van der Waals surface area contributed by atoms with Gasteiger partial charge in [-0.3, -0.25) is 4.98 Å². The summed E-state index contributed by atoms with van der Waals surface area (Å²) in [6.07, 6.45) is 1.78. The fourth-order valence-corrected chi connectivity index (χ4v) is 2.35. The summed E-state index contributed by atoms with van der Waals surface area (Å²) in [4.78, 5) is 4.42. The number of aromatic nitrogens is 1. The number of nitrogens with one attached hydrogen (secondary N) is 2. The highest BCUT2D eigenvalue weighted by molar-refractivity contribution is 9.10. The van der Waals surface area contributed by atoms with Crippen molar-refractivity contribution in [1.29, 1.82) is 0 Å². The van der Waals surface area contributed by atoms with Crippen LogP contribution in [0.5, 0.6) is 0 Å². The maximum absolute atomic E-state index is 5.24. The van der Waals surface area contributed by atoms with E-state index in [0.29, 0.717) is 11.2 Å². The topological polar surface area (TPSA) is 37.0 Å². The minimum Gasteiger partial charge on any atom is -0.360 e. The van der Waals surface area contributed by atoms with Gasteiger partial charge in [0, 0.05) is 22.1 Å². The van der Waals surface area contributed by atoms with E-state index in [9.17, 15) is 0 Å². The van der Waals surface area contributed by atoms with Crippen molar-refractivity contribution in [1.82, 2.24) is 10.3 Å². The first kappa shape index (κ1) is 13.2. The highest BCUT2D eigenvalue weighted by atomic mass is 79.9. The Morgan fingerprint density at radius 3 is 2.89 bits per heavy atom. The third kappa shape index (κ3) is 3.17. The molecule has 2 N–H and O–H groups in total. The third-order valence-electron chi connectivity index (χ3n) is 2.35. The maximum Gasteiger partial charge on any atom is 0.171 e. The summed E-state index contributed by atoms with van der Waals surface area (Å²) in [5.41, 5.74) is 1.83. The number of para-hydroxylation sites is 1. The summed E-state index contributed by atoms with van der Waals surface area (Å²) >= 11 is 8.66. The number of nitrogens with zero attached hydrogens (tertiary/aromatic N) is 1. The zero-order chi connectivity index (χ0) is 13.1. The number of thiocarbonyl (C=S) groups is 1. The van der Waals surface area contributed by atoms with Crippen LogP contribution in [-0.2, 0) is 0 Å². The standard InChI is InChI=1S/C13H14BrN3S/c1-8(2)16-13(18)17-11-5-3-4-9-6-10(14)7-15-12(9)11/h3-8H,1-2H3,(H2,16,17,18). The first-order valence-corrected chi connectivity index (χ1v) is 6.88. The lowest BCUT2D eigenvalue weighted by molar-refractivity contribution is 0.739. The first-order valence-electron chi connectivity index (χ1n) is 5.68. The van der Waals surface area contributed by atoms with Crippen molar-refractivity contribution in [2.24, 2.45) is 0 Å². The van der Waals surface area contributed by atoms with Gasteiger partial charge in [-0.15, -0.1) is 0 Å². The van der Waals surface area contributed by atoms with Crippen molar-refractivity contribution in [3.63, 3.8) is 0 Å². The summed E-state index contributed by atoms with van der Waals surface area (Å²) in [7, 11) is 0. The van der Waals surface area contributed by atoms with Crippen molar-refractivity contribution in [2.75, 3.05) is 5.32 Å². The van der Waals surface area contributed by atoms with Gasteiger partial charge in [-0.2, -0.15) is 0 Å². The van der Waals surface area contributed by atoms with Gasteiger partial charge in [0.1, 0.15) is 0 Å². The Hall–Kier alpha value is -1.20. The summed E-state index contributed by atoms with van der Waals surface area (Å²) in [6, 6.07) is 8.32. The van der Waals surface area contributed by atoms with E-state index in [-0.39, 0.29) is 0 Å². The van der Waals surface area contributed by atoms with Crippen molar-refractivity contribution < 1.29 is 0 Å². The fraction of sp³-hybridized carbons (Fsp3) is 0.231. The molecule has 0 unspecified atom stereocenters. The van der Waals surface area contributed by atoms with Crippen LogP contribution in [-0.4, -0.2) is 16.1 Å². The summed E-state index contributed by atoms with van der Waals surface area (Å²) in [5.74, 6) is 0. The minimum absolute atomic E-state index is 0.307. The third-order valence-corrected chi connectivity index (χ3v) is 3.00. The van der Waals surface area contributed by atoms with Crippen LogP contribution in [0, 0.1) is 0 Å². The van der Waals surface area contributed by atoms with Crippen LogP contribution in [0.3, 0.4) is 0 Å². The number of hydrogen-bond acceptors (Lipinski definition) is 2. The van der Waals surface area contributed by atoms with Crippen LogP contribution < -0.4 is 10.6 Å². The largest absolute Gasteiger partial charge is 0.360 e. The predicted molar refractivity (Wildman–Crippen MR) is 83.9 cm³/mol. The average molecular weight is 324 g/mol. The van der Waals surface area contributed by atoms with Crippen LogP contribution in [0.2, 0.25) is 0 Å². The Morgan fingerprint density at radius 2 is 2.17 bits per heavy atom. The van der Waals surface area contributed by atoms with Gasteiger partial charge in [-0.05, 0) is 54.1 Å². The monoisotopic (exact) mass is 323 g/mol. The van der Waals surface area contributed by atoms with Crippen molar-refractivity contribution in [3.05, 3.63) is 34.9 Å². The van der Waals surface area contributed by atoms with E-state index >= 15 is 0 Å².